The van der Waals surface area contributed by atoms with Crippen molar-refractivity contribution in [1.29, 1.82) is 0 Å². The molecular formula is C21H19FO6. The molecule has 6 nitrogen and oxygen atoms in total. The van der Waals surface area contributed by atoms with Crippen molar-refractivity contribution in [2.75, 3.05) is 28.4 Å². The van der Waals surface area contributed by atoms with Crippen molar-refractivity contribution in [3.8, 4) is 45.4 Å². The van der Waals surface area contributed by atoms with Crippen LogP contribution in [0.4, 0.5) is 4.39 Å². The summed E-state index contributed by atoms with van der Waals surface area (Å²) in [6.45, 7) is 0. The Morgan fingerprint density at radius 1 is 0.750 bits per heavy atom. The second-order valence-electron chi connectivity index (χ2n) is 5.76. The molecule has 0 spiro atoms. The molecule has 7 heteroatoms. The quantitative estimate of drug-likeness (QED) is 0.634. The van der Waals surface area contributed by atoms with E-state index in [2.05, 4.69) is 0 Å². The minimum absolute atomic E-state index is 0.0939. The molecule has 146 valence electrons. The van der Waals surface area contributed by atoms with Gasteiger partial charge in [-0.15, -0.1) is 0 Å². The van der Waals surface area contributed by atoms with Gasteiger partial charge in [0.1, 0.15) is 5.76 Å². The molecule has 0 aliphatic rings. The molecule has 0 aliphatic carbocycles. The summed E-state index contributed by atoms with van der Waals surface area (Å²) in [5, 5.41) is 0. The number of benzene rings is 2. The summed E-state index contributed by atoms with van der Waals surface area (Å²) >= 11 is 0. The van der Waals surface area contributed by atoms with E-state index in [0.29, 0.717) is 33.9 Å². The van der Waals surface area contributed by atoms with Crippen LogP contribution in [0, 0.1) is 5.82 Å². The lowest BCUT2D eigenvalue weighted by molar-refractivity contribution is 0.324. The van der Waals surface area contributed by atoms with Crippen LogP contribution in [0.3, 0.4) is 0 Å². The Kier molecular flexibility index (Phi) is 5.54. The first kappa shape index (κ1) is 19.3. The second kappa shape index (κ2) is 8.04. The molecule has 0 bridgehead atoms. The van der Waals surface area contributed by atoms with E-state index in [1.165, 1.54) is 46.6 Å². The highest BCUT2D eigenvalue weighted by atomic mass is 19.1. The maximum atomic E-state index is 14.2. The largest absolute Gasteiger partial charge is 0.494 e. The minimum atomic E-state index is -0.567. The molecule has 3 aromatic rings. The number of rotatable bonds is 6. The summed E-state index contributed by atoms with van der Waals surface area (Å²) < 4.78 is 40.7. The predicted octanol–water partition coefficient (Wildman–Crippen LogP) is 4.15. The molecule has 0 aliphatic heterocycles. The molecule has 0 N–H and O–H groups in total. The van der Waals surface area contributed by atoms with Crippen molar-refractivity contribution >= 4 is 0 Å². The first-order chi connectivity index (χ1) is 13.5. The van der Waals surface area contributed by atoms with Gasteiger partial charge in [0.25, 0.3) is 0 Å². The molecule has 3 rings (SSSR count). The van der Waals surface area contributed by atoms with Gasteiger partial charge in [0.2, 0.25) is 5.75 Å². The van der Waals surface area contributed by atoms with Gasteiger partial charge in [0, 0.05) is 17.2 Å². The zero-order chi connectivity index (χ0) is 20.3. The zero-order valence-electron chi connectivity index (χ0n) is 15.9. The predicted molar refractivity (Wildman–Crippen MR) is 102 cm³/mol. The highest BCUT2D eigenvalue weighted by Gasteiger charge is 2.18. The molecule has 0 atom stereocenters. The standard InChI is InChI=1S/C21H19FO6/c1-24-16-7-5-12(9-15(16)22)20-14(6-8-19(23)28-20)13-10-17(25-2)21(27-4)18(11-13)26-3/h5-11H,1-4H3. The molecule has 1 heterocycles. The van der Waals surface area contributed by atoms with Gasteiger partial charge in [-0.2, -0.15) is 0 Å². The van der Waals surface area contributed by atoms with E-state index in [9.17, 15) is 9.18 Å². The van der Waals surface area contributed by atoms with E-state index in [1.807, 2.05) is 0 Å². The third-order valence-corrected chi connectivity index (χ3v) is 4.22. The molecule has 0 radical (unpaired) electrons. The Morgan fingerprint density at radius 3 is 1.93 bits per heavy atom. The second-order valence-corrected chi connectivity index (χ2v) is 5.76. The van der Waals surface area contributed by atoms with Gasteiger partial charge < -0.3 is 23.4 Å². The van der Waals surface area contributed by atoms with E-state index >= 15 is 0 Å². The lowest BCUT2D eigenvalue weighted by Gasteiger charge is -2.15. The minimum Gasteiger partial charge on any atom is -0.494 e. The topological polar surface area (TPSA) is 67.1 Å². The highest BCUT2D eigenvalue weighted by Crippen LogP contribution is 2.43. The van der Waals surface area contributed by atoms with E-state index in [4.69, 9.17) is 23.4 Å². The highest BCUT2D eigenvalue weighted by molar-refractivity contribution is 5.82. The van der Waals surface area contributed by atoms with E-state index in [-0.39, 0.29) is 11.5 Å². The lowest BCUT2D eigenvalue weighted by atomic mass is 9.99. The van der Waals surface area contributed by atoms with Crippen LogP contribution in [0.5, 0.6) is 23.0 Å². The summed E-state index contributed by atoms with van der Waals surface area (Å²) in [6, 6.07) is 10.7. The van der Waals surface area contributed by atoms with Crippen LogP contribution in [-0.2, 0) is 0 Å². The van der Waals surface area contributed by atoms with Crippen LogP contribution in [0.1, 0.15) is 0 Å². The van der Waals surface area contributed by atoms with Gasteiger partial charge in [0.05, 0.1) is 28.4 Å². The van der Waals surface area contributed by atoms with Crippen molar-refractivity contribution < 1.29 is 27.8 Å². The van der Waals surface area contributed by atoms with Crippen LogP contribution in [0.25, 0.3) is 22.5 Å². The van der Waals surface area contributed by atoms with Crippen LogP contribution in [0.15, 0.2) is 51.7 Å². The third kappa shape index (κ3) is 3.51. The third-order valence-electron chi connectivity index (χ3n) is 4.22. The molecular weight excluding hydrogens is 367 g/mol. The smallest absolute Gasteiger partial charge is 0.336 e. The van der Waals surface area contributed by atoms with Crippen molar-refractivity contribution in [2.24, 2.45) is 0 Å². The average molecular weight is 386 g/mol. The van der Waals surface area contributed by atoms with Gasteiger partial charge in [-0.1, -0.05) is 0 Å². The van der Waals surface area contributed by atoms with Crippen LogP contribution < -0.4 is 24.6 Å². The van der Waals surface area contributed by atoms with Gasteiger partial charge in [0.15, 0.2) is 23.1 Å². The Morgan fingerprint density at radius 2 is 1.39 bits per heavy atom. The Balaban J connectivity index is 2.24. The van der Waals surface area contributed by atoms with Gasteiger partial charge in [-0.05, 0) is 42.0 Å². The Labute approximate surface area is 161 Å². The van der Waals surface area contributed by atoms with Crippen LogP contribution >= 0.6 is 0 Å². The Bertz CT molecular complexity index is 1030. The van der Waals surface area contributed by atoms with Crippen molar-refractivity contribution in [1.82, 2.24) is 0 Å². The monoisotopic (exact) mass is 386 g/mol. The van der Waals surface area contributed by atoms with Gasteiger partial charge >= 0.3 is 5.63 Å². The molecule has 0 amide bonds. The van der Waals surface area contributed by atoms with Gasteiger partial charge in [-0.3, -0.25) is 0 Å². The van der Waals surface area contributed by atoms with E-state index < -0.39 is 11.4 Å². The molecule has 0 saturated heterocycles. The lowest BCUT2D eigenvalue weighted by Crippen LogP contribution is -2.00. The summed E-state index contributed by atoms with van der Waals surface area (Å²) in [5.74, 6) is 1.05. The fraction of sp³-hybridized carbons (Fsp3) is 0.190. The fourth-order valence-electron chi connectivity index (χ4n) is 2.90. The first-order valence-electron chi connectivity index (χ1n) is 8.30. The summed E-state index contributed by atoms with van der Waals surface area (Å²) in [6.07, 6.45) is 0. The Hall–Kier alpha value is -3.48. The number of methoxy groups -OCH3 is 4. The summed E-state index contributed by atoms with van der Waals surface area (Å²) in [7, 11) is 5.90. The number of halogens is 1. The molecule has 0 unspecified atom stereocenters. The van der Waals surface area contributed by atoms with Crippen LogP contribution in [0.2, 0.25) is 0 Å². The molecule has 0 saturated carbocycles. The van der Waals surface area contributed by atoms with E-state index in [1.54, 1.807) is 24.3 Å². The fourth-order valence-corrected chi connectivity index (χ4v) is 2.90. The molecule has 1 aromatic heterocycles. The van der Waals surface area contributed by atoms with Crippen molar-refractivity contribution in [3.05, 3.63) is 58.7 Å². The van der Waals surface area contributed by atoms with Gasteiger partial charge in [-0.25, -0.2) is 9.18 Å². The number of hydrogen-bond donors (Lipinski definition) is 0. The SMILES string of the molecule is COc1ccc(-c2oc(=O)ccc2-c2cc(OC)c(OC)c(OC)c2)cc1F. The van der Waals surface area contributed by atoms with Crippen LogP contribution in [-0.4, -0.2) is 28.4 Å². The maximum Gasteiger partial charge on any atom is 0.336 e. The normalized spacial score (nSPS) is 10.5. The zero-order valence-corrected chi connectivity index (χ0v) is 15.9. The molecule has 28 heavy (non-hydrogen) atoms. The average Bonchev–Trinajstić information content (AvgIpc) is 2.72. The van der Waals surface area contributed by atoms with E-state index in [0.717, 1.165) is 0 Å². The van der Waals surface area contributed by atoms with Crippen molar-refractivity contribution in [3.63, 3.8) is 0 Å². The first-order valence-corrected chi connectivity index (χ1v) is 8.30. The molecule has 2 aromatic carbocycles. The molecule has 0 fully saturated rings. The number of hydrogen-bond acceptors (Lipinski definition) is 6. The maximum absolute atomic E-state index is 14.2. The van der Waals surface area contributed by atoms with Crippen molar-refractivity contribution in [2.45, 2.75) is 0 Å². The summed E-state index contributed by atoms with van der Waals surface area (Å²) in [4.78, 5) is 11.8. The summed E-state index contributed by atoms with van der Waals surface area (Å²) in [5.41, 5.74) is 1.04. The number of ether oxygens (including phenoxy) is 4.